The predicted molar refractivity (Wildman–Crippen MR) is 54.5 cm³/mol. The fourth-order valence-corrected chi connectivity index (χ4v) is 1.91. The Morgan fingerprint density at radius 3 is 2.67 bits per heavy atom. The highest BCUT2D eigenvalue weighted by Gasteiger charge is 2.35. The van der Waals surface area contributed by atoms with Crippen molar-refractivity contribution in [3.8, 4) is 0 Å². The third-order valence-electron chi connectivity index (χ3n) is 2.76. The van der Waals surface area contributed by atoms with Gasteiger partial charge in [0.2, 0.25) is 5.95 Å². The lowest BCUT2D eigenvalue weighted by Crippen LogP contribution is -2.24. The fourth-order valence-electron chi connectivity index (χ4n) is 1.91. The van der Waals surface area contributed by atoms with Crippen molar-refractivity contribution >= 4 is 11.9 Å². The van der Waals surface area contributed by atoms with Gasteiger partial charge in [-0.2, -0.15) is 0 Å². The molecule has 1 aliphatic rings. The van der Waals surface area contributed by atoms with Gasteiger partial charge in [-0.15, -0.1) is 0 Å². The summed E-state index contributed by atoms with van der Waals surface area (Å²) in [4.78, 5) is 21.1. The van der Waals surface area contributed by atoms with Crippen LogP contribution in [0, 0.1) is 11.8 Å². The summed E-state index contributed by atoms with van der Waals surface area (Å²) in [6, 6.07) is 1.75. The average molecular weight is 207 g/mol. The summed E-state index contributed by atoms with van der Waals surface area (Å²) in [5.74, 6) is -0.283. The van der Waals surface area contributed by atoms with E-state index in [9.17, 15) is 4.79 Å². The molecule has 1 fully saturated rings. The van der Waals surface area contributed by atoms with Gasteiger partial charge in [-0.25, -0.2) is 9.97 Å². The molecule has 1 aliphatic heterocycles. The van der Waals surface area contributed by atoms with E-state index < -0.39 is 5.97 Å². The lowest BCUT2D eigenvalue weighted by molar-refractivity contribution is -0.142. The Hall–Kier alpha value is -1.65. The van der Waals surface area contributed by atoms with E-state index in [0.29, 0.717) is 19.0 Å². The molecule has 1 aromatic rings. The predicted octanol–water partition coefficient (Wildman–Crippen LogP) is 0.633. The molecule has 5 nitrogen and oxygen atoms in total. The molecule has 80 valence electrons. The number of aromatic nitrogens is 2. The summed E-state index contributed by atoms with van der Waals surface area (Å²) in [6.45, 7) is 3.16. The van der Waals surface area contributed by atoms with E-state index in [4.69, 9.17) is 5.11 Å². The SMILES string of the molecule is CC1CN(c2ncccn2)CC1C(=O)O. The first-order valence-electron chi connectivity index (χ1n) is 4.93. The summed E-state index contributed by atoms with van der Waals surface area (Å²) >= 11 is 0. The number of hydrogen-bond acceptors (Lipinski definition) is 4. The summed E-state index contributed by atoms with van der Waals surface area (Å²) in [7, 11) is 0. The van der Waals surface area contributed by atoms with Crippen LogP contribution in [0.3, 0.4) is 0 Å². The molecule has 15 heavy (non-hydrogen) atoms. The first kappa shape index (κ1) is 9.89. The minimum Gasteiger partial charge on any atom is -0.481 e. The zero-order valence-corrected chi connectivity index (χ0v) is 8.50. The van der Waals surface area contributed by atoms with Crippen LogP contribution in [0.5, 0.6) is 0 Å². The highest BCUT2D eigenvalue weighted by Crippen LogP contribution is 2.25. The van der Waals surface area contributed by atoms with E-state index in [1.54, 1.807) is 18.5 Å². The largest absolute Gasteiger partial charge is 0.481 e. The van der Waals surface area contributed by atoms with Crippen LogP contribution in [0.25, 0.3) is 0 Å². The van der Waals surface area contributed by atoms with Gasteiger partial charge in [0.05, 0.1) is 5.92 Å². The zero-order valence-electron chi connectivity index (χ0n) is 8.50. The van der Waals surface area contributed by atoms with Crippen LogP contribution in [-0.2, 0) is 4.79 Å². The smallest absolute Gasteiger partial charge is 0.308 e. The van der Waals surface area contributed by atoms with Crippen LogP contribution in [0.2, 0.25) is 0 Å². The van der Waals surface area contributed by atoms with Crippen molar-refractivity contribution in [2.24, 2.45) is 11.8 Å². The van der Waals surface area contributed by atoms with Crippen molar-refractivity contribution in [1.29, 1.82) is 0 Å². The monoisotopic (exact) mass is 207 g/mol. The zero-order chi connectivity index (χ0) is 10.8. The number of anilines is 1. The molecule has 1 aromatic heterocycles. The van der Waals surface area contributed by atoms with Crippen LogP contribution >= 0.6 is 0 Å². The van der Waals surface area contributed by atoms with Crippen LogP contribution in [0.1, 0.15) is 6.92 Å². The van der Waals surface area contributed by atoms with Crippen molar-refractivity contribution < 1.29 is 9.90 Å². The standard InChI is InChI=1S/C10H13N3O2/c1-7-5-13(6-8(7)9(14)15)10-11-3-2-4-12-10/h2-4,7-8H,5-6H2,1H3,(H,14,15). The van der Waals surface area contributed by atoms with E-state index >= 15 is 0 Å². The van der Waals surface area contributed by atoms with Gasteiger partial charge in [0.25, 0.3) is 0 Å². The maximum Gasteiger partial charge on any atom is 0.308 e. The van der Waals surface area contributed by atoms with Gasteiger partial charge in [0, 0.05) is 25.5 Å². The van der Waals surface area contributed by atoms with E-state index in [1.165, 1.54) is 0 Å². The molecular formula is C10H13N3O2. The Kier molecular flexibility index (Phi) is 2.53. The van der Waals surface area contributed by atoms with E-state index in [-0.39, 0.29) is 11.8 Å². The minimum atomic E-state index is -0.735. The number of rotatable bonds is 2. The maximum atomic E-state index is 10.9. The molecule has 0 aliphatic carbocycles. The van der Waals surface area contributed by atoms with Gasteiger partial charge in [-0.1, -0.05) is 6.92 Å². The van der Waals surface area contributed by atoms with Crippen LogP contribution in [0.4, 0.5) is 5.95 Å². The fraction of sp³-hybridized carbons (Fsp3) is 0.500. The van der Waals surface area contributed by atoms with Gasteiger partial charge in [0.15, 0.2) is 0 Å². The lowest BCUT2D eigenvalue weighted by atomic mass is 9.99. The highest BCUT2D eigenvalue weighted by molar-refractivity contribution is 5.72. The van der Waals surface area contributed by atoms with Crippen molar-refractivity contribution in [1.82, 2.24) is 9.97 Å². The second kappa shape index (κ2) is 3.84. The van der Waals surface area contributed by atoms with E-state index in [1.807, 2.05) is 11.8 Å². The molecule has 0 aromatic carbocycles. The molecular weight excluding hydrogens is 194 g/mol. The van der Waals surface area contributed by atoms with Crippen LogP contribution in [0.15, 0.2) is 18.5 Å². The summed E-state index contributed by atoms with van der Waals surface area (Å²) in [5, 5.41) is 8.98. The molecule has 2 atom stereocenters. The maximum absolute atomic E-state index is 10.9. The number of carbonyl (C=O) groups is 1. The van der Waals surface area contributed by atoms with Gasteiger partial charge < -0.3 is 10.0 Å². The van der Waals surface area contributed by atoms with E-state index in [0.717, 1.165) is 0 Å². The van der Waals surface area contributed by atoms with Crippen LogP contribution in [-0.4, -0.2) is 34.1 Å². The molecule has 2 rings (SSSR count). The first-order chi connectivity index (χ1) is 7.18. The average Bonchev–Trinajstić information content (AvgIpc) is 2.62. The molecule has 5 heteroatoms. The minimum absolute atomic E-state index is 0.145. The third kappa shape index (κ3) is 1.91. The molecule has 1 saturated heterocycles. The van der Waals surface area contributed by atoms with Gasteiger partial charge >= 0.3 is 5.97 Å². The Balaban J connectivity index is 2.13. The normalized spacial score (nSPS) is 25.5. The van der Waals surface area contributed by atoms with E-state index in [2.05, 4.69) is 9.97 Å². The Morgan fingerprint density at radius 1 is 1.47 bits per heavy atom. The Bertz CT molecular complexity index is 355. The Morgan fingerprint density at radius 2 is 2.13 bits per heavy atom. The number of carboxylic acid groups (broad SMARTS) is 1. The lowest BCUT2D eigenvalue weighted by Gasteiger charge is -2.14. The molecule has 0 amide bonds. The van der Waals surface area contributed by atoms with Crippen molar-refractivity contribution in [2.45, 2.75) is 6.92 Å². The van der Waals surface area contributed by atoms with Gasteiger partial charge in [0.1, 0.15) is 0 Å². The van der Waals surface area contributed by atoms with Gasteiger partial charge in [-0.3, -0.25) is 4.79 Å². The molecule has 2 heterocycles. The first-order valence-corrected chi connectivity index (χ1v) is 4.93. The number of carboxylic acids is 1. The summed E-state index contributed by atoms with van der Waals surface area (Å²) < 4.78 is 0. The second-order valence-electron chi connectivity index (χ2n) is 3.88. The molecule has 1 N–H and O–H groups in total. The van der Waals surface area contributed by atoms with Crippen molar-refractivity contribution in [2.75, 3.05) is 18.0 Å². The third-order valence-corrected chi connectivity index (χ3v) is 2.76. The second-order valence-corrected chi connectivity index (χ2v) is 3.88. The molecule has 0 spiro atoms. The summed E-state index contributed by atoms with van der Waals surface area (Å²) in [5.41, 5.74) is 0. The number of hydrogen-bond donors (Lipinski definition) is 1. The summed E-state index contributed by atoms with van der Waals surface area (Å²) in [6.07, 6.45) is 3.34. The molecule has 0 bridgehead atoms. The quantitative estimate of drug-likeness (QED) is 0.770. The highest BCUT2D eigenvalue weighted by atomic mass is 16.4. The number of nitrogens with zero attached hydrogens (tertiary/aromatic N) is 3. The molecule has 0 radical (unpaired) electrons. The molecule has 2 unspecified atom stereocenters. The van der Waals surface area contributed by atoms with Crippen LogP contribution < -0.4 is 4.90 Å². The number of aliphatic carboxylic acids is 1. The Labute approximate surface area is 87.8 Å². The van der Waals surface area contributed by atoms with Gasteiger partial charge in [-0.05, 0) is 12.0 Å². The van der Waals surface area contributed by atoms with Crippen molar-refractivity contribution in [3.63, 3.8) is 0 Å². The topological polar surface area (TPSA) is 66.3 Å². The molecule has 0 saturated carbocycles. The van der Waals surface area contributed by atoms with Crippen molar-refractivity contribution in [3.05, 3.63) is 18.5 Å².